The Morgan fingerprint density at radius 1 is 1.23 bits per heavy atom. The van der Waals surface area contributed by atoms with Crippen molar-refractivity contribution < 1.29 is 4.39 Å². The maximum atomic E-state index is 14.2. The number of aryl methyl sites for hydroxylation is 1. The molecule has 4 rings (SSSR count). The van der Waals surface area contributed by atoms with Crippen molar-refractivity contribution in [1.82, 2.24) is 3.97 Å². The van der Waals surface area contributed by atoms with Gasteiger partial charge in [-0.25, -0.2) is 4.39 Å². The molecule has 1 aromatic heterocycles. The molecule has 1 aliphatic rings. The molecule has 4 heteroatoms. The molecule has 0 saturated heterocycles. The number of nitrogens with zero attached hydrogens (tertiary/aromatic N) is 1. The number of allylic oxidation sites excluding steroid dienone is 2. The van der Waals surface area contributed by atoms with Gasteiger partial charge in [0.05, 0.1) is 5.52 Å². The zero-order valence-corrected chi connectivity index (χ0v) is 19.0. The first kappa shape index (κ1) is 21.0. The van der Waals surface area contributed by atoms with Crippen molar-refractivity contribution in [1.29, 1.82) is 0 Å². The van der Waals surface area contributed by atoms with E-state index in [9.17, 15) is 4.39 Å². The summed E-state index contributed by atoms with van der Waals surface area (Å²) >= 11 is 1.70. The molecule has 0 amide bonds. The SMILES string of the molecule is CCC/C(=C\CC(C)C)c1cn(Sc2ccc3c(c2)NCCC3)c2ccc(F)cc12. The minimum Gasteiger partial charge on any atom is -0.385 e. The molecule has 0 atom stereocenters. The van der Waals surface area contributed by atoms with Gasteiger partial charge in [0, 0.05) is 34.3 Å². The van der Waals surface area contributed by atoms with Crippen LogP contribution in [0.5, 0.6) is 0 Å². The Morgan fingerprint density at radius 2 is 2.10 bits per heavy atom. The highest BCUT2D eigenvalue weighted by Crippen LogP contribution is 2.36. The van der Waals surface area contributed by atoms with E-state index in [4.69, 9.17) is 0 Å². The van der Waals surface area contributed by atoms with Crippen LogP contribution in [0.4, 0.5) is 10.1 Å². The topological polar surface area (TPSA) is 17.0 Å². The molecule has 0 saturated carbocycles. The second-order valence-electron chi connectivity index (χ2n) is 8.58. The summed E-state index contributed by atoms with van der Waals surface area (Å²) in [5.41, 5.74) is 6.20. The zero-order chi connectivity index (χ0) is 21.1. The smallest absolute Gasteiger partial charge is 0.123 e. The Labute approximate surface area is 183 Å². The van der Waals surface area contributed by atoms with Gasteiger partial charge in [0.15, 0.2) is 0 Å². The van der Waals surface area contributed by atoms with Crippen LogP contribution >= 0.6 is 11.9 Å². The van der Waals surface area contributed by atoms with Crippen LogP contribution < -0.4 is 5.32 Å². The quantitative estimate of drug-likeness (QED) is 0.416. The van der Waals surface area contributed by atoms with Crippen LogP contribution in [-0.4, -0.2) is 10.5 Å². The first-order valence-corrected chi connectivity index (χ1v) is 11.9. The molecule has 2 aromatic carbocycles. The minimum absolute atomic E-state index is 0.177. The van der Waals surface area contributed by atoms with Gasteiger partial charge in [-0.1, -0.05) is 39.3 Å². The van der Waals surface area contributed by atoms with Crippen molar-refractivity contribution in [3.05, 3.63) is 65.6 Å². The summed E-state index contributed by atoms with van der Waals surface area (Å²) < 4.78 is 16.4. The van der Waals surface area contributed by atoms with Gasteiger partial charge in [-0.2, -0.15) is 0 Å². The van der Waals surface area contributed by atoms with Crippen LogP contribution in [0, 0.1) is 11.7 Å². The van der Waals surface area contributed by atoms with Crippen molar-refractivity contribution in [3.63, 3.8) is 0 Å². The molecule has 0 bridgehead atoms. The summed E-state index contributed by atoms with van der Waals surface area (Å²) in [4.78, 5) is 1.19. The van der Waals surface area contributed by atoms with E-state index in [1.807, 2.05) is 6.07 Å². The first-order valence-electron chi connectivity index (χ1n) is 11.1. The predicted molar refractivity (Wildman–Crippen MR) is 129 cm³/mol. The summed E-state index contributed by atoms with van der Waals surface area (Å²) in [6, 6.07) is 11.8. The van der Waals surface area contributed by atoms with Gasteiger partial charge < -0.3 is 5.32 Å². The fourth-order valence-electron chi connectivity index (χ4n) is 4.11. The van der Waals surface area contributed by atoms with Gasteiger partial charge in [0.1, 0.15) is 5.82 Å². The summed E-state index contributed by atoms with van der Waals surface area (Å²) in [5, 5.41) is 4.52. The van der Waals surface area contributed by atoms with E-state index in [0.717, 1.165) is 48.7 Å². The fourth-order valence-corrected chi connectivity index (χ4v) is 5.05. The third-order valence-electron chi connectivity index (χ3n) is 5.66. The Hall–Kier alpha value is -2.20. The average Bonchev–Trinajstić information content (AvgIpc) is 3.08. The van der Waals surface area contributed by atoms with E-state index in [-0.39, 0.29) is 5.82 Å². The molecular weight excluding hydrogens is 391 g/mol. The number of rotatable bonds is 7. The zero-order valence-electron chi connectivity index (χ0n) is 18.2. The van der Waals surface area contributed by atoms with Crippen LogP contribution in [0.15, 0.2) is 53.6 Å². The molecule has 2 nitrogen and oxygen atoms in total. The monoisotopic (exact) mass is 422 g/mol. The molecule has 0 radical (unpaired) electrons. The second kappa shape index (κ2) is 9.30. The van der Waals surface area contributed by atoms with E-state index in [2.05, 4.69) is 60.5 Å². The van der Waals surface area contributed by atoms with Crippen molar-refractivity contribution in [2.75, 3.05) is 11.9 Å². The standard InChI is InChI=1S/C26H31FN2S/c1-4-6-19(9-8-18(2)3)24-17-29(26-13-11-21(27)15-23(24)26)30-22-12-10-20-7-5-14-28-25(20)16-22/h9-13,15-18,28H,4-8,14H2,1-3H3/b19-9+. The number of hydrogen-bond acceptors (Lipinski definition) is 2. The molecule has 1 aliphatic heterocycles. The van der Waals surface area contributed by atoms with Crippen LogP contribution in [0.3, 0.4) is 0 Å². The highest BCUT2D eigenvalue weighted by molar-refractivity contribution is 7.98. The molecule has 30 heavy (non-hydrogen) atoms. The lowest BCUT2D eigenvalue weighted by Gasteiger charge is -2.18. The fraction of sp³-hybridized carbons (Fsp3) is 0.385. The Balaban J connectivity index is 1.74. The van der Waals surface area contributed by atoms with Crippen molar-refractivity contribution >= 4 is 34.1 Å². The lowest BCUT2D eigenvalue weighted by atomic mass is 9.97. The van der Waals surface area contributed by atoms with Gasteiger partial charge in [-0.05, 0) is 85.0 Å². The van der Waals surface area contributed by atoms with Crippen molar-refractivity contribution in [2.24, 2.45) is 5.92 Å². The first-order chi connectivity index (χ1) is 14.5. The lowest BCUT2D eigenvalue weighted by Crippen LogP contribution is -2.11. The predicted octanol–water partition coefficient (Wildman–Crippen LogP) is 7.92. The Kier molecular flexibility index (Phi) is 6.52. The lowest BCUT2D eigenvalue weighted by molar-refractivity contribution is 0.629. The molecule has 0 aliphatic carbocycles. The van der Waals surface area contributed by atoms with Crippen LogP contribution in [-0.2, 0) is 6.42 Å². The van der Waals surface area contributed by atoms with E-state index in [0.29, 0.717) is 5.92 Å². The average molecular weight is 423 g/mol. The maximum absolute atomic E-state index is 14.2. The summed E-state index contributed by atoms with van der Waals surface area (Å²) in [5.74, 6) is 0.434. The minimum atomic E-state index is -0.177. The number of aromatic nitrogens is 1. The van der Waals surface area contributed by atoms with Crippen molar-refractivity contribution in [2.45, 2.75) is 57.8 Å². The van der Waals surface area contributed by atoms with Crippen LogP contribution in [0.1, 0.15) is 57.6 Å². The van der Waals surface area contributed by atoms with Gasteiger partial charge in [0.25, 0.3) is 0 Å². The number of nitrogens with one attached hydrogen (secondary N) is 1. The molecule has 0 fully saturated rings. The maximum Gasteiger partial charge on any atom is 0.123 e. The van der Waals surface area contributed by atoms with Gasteiger partial charge in [-0.3, -0.25) is 3.97 Å². The molecule has 3 aromatic rings. The molecular formula is C26H31FN2S. The number of anilines is 1. The molecule has 0 unspecified atom stereocenters. The highest BCUT2D eigenvalue weighted by atomic mass is 32.2. The Morgan fingerprint density at radius 3 is 2.90 bits per heavy atom. The van der Waals surface area contributed by atoms with E-state index < -0.39 is 0 Å². The number of hydrogen-bond donors (Lipinski definition) is 1. The van der Waals surface area contributed by atoms with E-state index >= 15 is 0 Å². The molecule has 158 valence electrons. The van der Waals surface area contributed by atoms with E-state index in [1.165, 1.54) is 28.1 Å². The summed E-state index contributed by atoms with van der Waals surface area (Å²) in [6.45, 7) is 7.72. The normalized spacial score (nSPS) is 14.2. The van der Waals surface area contributed by atoms with Gasteiger partial charge in [-0.15, -0.1) is 0 Å². The highest BCUT2D eigenvalue weighted by Gasteiger charge is 2.15. The summed E-state index contributed by atoms with van der Waals surface area (Å²) in [7, 11) is 0. The number of fused-ring (bicyclic) bond motifs is 2. The number of halogens is 1. The van der Waals surface area contributed by atoms with Gasteiger partial charge >= 0.3 is 0 Å². The Bertz CT molecular complexity index is 1060. The van der Waals surface area contributed by atoms with Crippen LogP contribution in [0.25, 0.3) is 16.5 Å². The third-order valence-corrected chi connectivity index (χ3v) is 6.62. The van der Waals surface area contributed by atoms with Crippen LogP contribution in [0.2, 0.25) is 0 Å². The number of benzene rings is 2. The summed E-state index contributed by atoms with van der Waals surface area (Å²) in [6.07, 6.45) is 10.0. The molecule has 2 heterocycles. The molecule has 0 spiro atoms. The molecule has 1 N–H and O–H groups in total. The largest absolute Gasteiger partial charge is 0.385 e. The third kappa shape index (κ3) is 4.59. The van der Waals surface area contributed by atoms with Crippen molar-refractivity contribution in [3.8, 4) is 0 Å². The van der Waals surface area contributed by atoms with Gasteiger partial charge in [0.2, 0.25) is 0 Å². The second-order valence-corrected chi connectivity index (χ2v) is 9.63. The van der Waals surface area contributed by atoms with E-state index in [1.54, 1.807) is 24.1 Å².